The minimum Gasteiger partial charge on any atom is -0.360 e. The Morgan fingerprint density at radius 2 is 1.67 bits per heavy atom. The van der Waals surface area contributed by atoms with Gasteiger partial charge in [-0.2, -0.15) is 4.72 Å². The van der Waals surface area contributed by atoms with Crippen molar-refractivity contribution < 1.29 is 13.2 Å². The van der Waals surface area contributed by atoms with Crippen LogP contribution in [-0.2, 0) is 14.8 Å². The highest BCUT2D eigenvalue weighted by Crippen LogP contribution is 2.25. The van der Waals surface area contributed by atoms with Gasteiger partial charge in [-0.1, -0.05) is 30.3 Å². The summed E-state index contributed by atoms with van der Waals surface area (Å²) in [7, 11) is -3.70. The quantitative estimate of drug-likeness (QED) is 0.781. The number of benzene rings is 2. The molecule has 3 N–H and O–H groups in total. The van der Waals surface area contributed by atoms with E-state index in [9.17, 15) is 13.2 Å². The zero-order chi connectivity index (χ0) is 14.9. The van der Waals surface area contributed by atoms with E-state index in [-0.39, 0.29) is 4.90 Å². The van der Waals surface area contributed by atoms with Gasteiger partial charge in [-0.25, -0.2) is 8.42 Å². The van der Waals surface area contributed by atoms with E-state index in [1.807, 2.05) is 6.07 Å². The summed E-state index contributed by atoms with van der Waals surface area (Å²) in [5.74, 6) is -0.473. The normalized spacial score (nSPS) is 19.1. The van der Waals surface area contributed by atoms with E-state index in [1.54, 1.807) is 42.5 Å². The highest BCUT2D eigenvalue weighted by Gasteiger charge is 2.32. The van der Waals surface area contributed by atoms with E-state index >= 15 is 0 Å². The molecule has 0 bridgehead atoms. The van der Waals surface area contributed by atoms with Crippen LogP contribution < -0.4 is 15.4 Å². The molecule has 0 spiro atoms. The summed E-state index contributed by atoms with van der Waals surface area (Å²) in [6, 6.07) is 15.3. The number of nitrogens with one attached hydrogen (secondary N) is 3. The summed E-state index contributed by atoms with van der Waals surface area (Å²) in [6.45, 7) is 0. The molecule has 1 amide bonds. The summed E-state index contributed by atoms with van der Waals surface area (Å²) in [5, 5.41) is 5.52. The van der Waals surface area contributed by atoms with E-state index in [0.717, 1.165) is 0 Å². The molecule has 108 valence electrons. The van der Waals surface area contributed by atoms with Crippen LogP contribution in [0.25, 0.3) is 0 Å². The molecule has 1 aliphatic heterocycles. The van der Waals surface area contributed by atoms with Gasteiger partial charge in [0.15, 0.2) is 6.17 Å². The smallest absolute Gasteiger partial charge is 0.262 e. The average Bonchev–Trinajstić information content (AvgIpc) is 2.47. The van der Waals surface area contributed by atoms with Gasteiger partial charge >= 0.3 is 0 Å². The highest BCUT2D eigenvalue weighted by molar-refractivity contribution is 7.89. The van der Waals surface area contributed by atoms with Crippen molar-refractivity contribution >= 4 is 27.3 Å². The molecule has 2 aromatic rings. The van der Waals surface area contributed by atoms with Crippen LogP contribution in [0.5, 0.6) is 0 Å². The fourth-order valence-electron chi connectivity index (χ4n) is 2.08. The van der Waals surface area contributed by atoms with Crippen molar-refractivity contribution in [3.05, 3.63) is 54.6 Å². The van der Waals surface area contributed by atoms with Crippen LogP contribution in [0.1, 0.15) is 0 Å². The Labute approximate surface area is 122 Å². The van der Waals surface area contributed by atoms with Crippen LogP contribution in [-0.4, -0.2) is 20.5 Å². The summed E-state index contributed by atoms with van der Waals surface area (Å²) < 4.78 is 26.5. The monoisotopic (exact) mass is 303 g/mol. The summed E-state index contributed by atoms with van der Waals surface area (Å²) >= 11 is 0. The third-order valence-corrected chi connectivity index (χ3v) is 4.53. The van der Waals surface area contributed by atoms with Crippen LogP contribution in [0.3, 0.4) is 0 Å². The first-order valence-corrected chi connectivity index (χ1v) is 7.78. The highest BCUT2D eigenvalue weighted by atomic mass is 32.2. The number of sulfonamides is 1. The molecule has 1 heterocycles. The van der Waals surface area contributed by atoms with Gasteiger partial charge in [0, 0.05) is 5.69 Å². The minimum absolute atomic E-state index is 0.133. The molecule has 3 rings (SSSR count). The summed E-state index contributed by atoms with van der Waals surface area (Å²) in [4.78, 5) is 12.3. The van der Waals surface area contributed by atoms with Crippen molar-refractivity contribution in [1.82, 2.24) is 4.72 Å². The fraction of sp³-hybridized carbons (Fsp3) is 0.0714. The molecule has 21 heavy (non-hydrogen) atoms. The molecule has 6 nitrogen and oxygen atoms in total. The Kier molecular flexibility index (Phi) is 3.36. The van der Waals surface area contributed by atoms with E-state index in [2.05, 4.69) is 15.4 Å². The zero-order valence-corrected chi connectivity index (χ0v) is 11.7. The molecule has 2 aromatic carbocycles. The summed E-state index contributed by atoms with van der Waals surface area (Å²) in [6.07, 6.45) is -1.05. The largest absolute Gasteiger partial charge is 0.360 e. The molecule has 1 unspecified atom stereocenters. The molecule has 0 fully saturated rings. The van der Waals surface area contributed by atoms with Crippen molar-refractivity contribution in [2.75, 3.05) is 10.6 Å². The zero-order valence-electron chi connectivity index (χ0n) is 10.9. The number of hydrogen-bond donors (Lipinski definition) is 3. The van der Waals surface area contributed by atoms with Crippen molar-refractivity contribution in [2.45, 2.75) is 11.1 Å². The Morgan fingerprint density at radius 3 is 2.43 bits per heavy atom. The number of anilines is 2. The number of carbonyl (C=O) groups is 1. The van der Waals surface area contributed by atoms with Crippen LogP contribution >= 0.6 is 0 Å². The van der Waals surface area contributed by atoms with Crippen LogP contribution in [0.15, 0.2) is 59.5 Å². The van der Waals surface area contributed by atoms with Gasteiger partial charge in [0.05, 0.1) is 5.69 Å². The van der Waals surface area contributed by atoms with Gasteiger partial charge in [-0.15, -0.1) is 0 Å². The molecule has 0 radical (unpaired) electrons. The SMILES string of the molecule is O=C(Nc1ccccc1)C1Nc2ccccc2S(=O)(=O)N1. The average molecular weight is 303 g/mol. The van der Waals surface area contributed by atoms with Crippen molar-refractivity contribution in [2.24, 2.45) is 0 Å². The Hall–Kier alpha value is -2.38. The lowest BCUT2D eigenvalue weighted by Crippen LogP contribution is -2.51. The Morgan fingerprint density at radius 1 is 1.00 bits per heavy atom. The number of fused-ring (bicyclic) bond motifs is 1. The third kappa shape index (κ3) is 2.74. The van der Waals surface area contributed by atoms with Gasteiger partial charge in [0.1, 0.15) is 4.90 Å². The molecular weight excluding hydrogens is 290 g/mol. The van der Waals surface area contributed by atoms with E-state index in [0.29, 0.717) is 11.4 Å². The molecule has 0 aliphatic carbocycles. The second kappa shape index (κ2) is 5.19. The number of para-hydroxylation sites is 2. The third-order valence-electron chi connectivity index (χ3n) is 3.05. The lowest BCUT2D eigenvalue weighted by atomic mass is 10.3. The maximum Gasteiger partial charge on any atom is 0.262 e. The van der Waals surface area contributed by atoms with Crippen molar-refractivity contribution in [1.29, 1.82) is 0 Å². The van der Waals surface area contributed by atoms with Gasteiger partial charge in [0.25, 0.3) is 5.91 Å². The van der Waals surface area contributed by atoms with Crippen LogP contribution in [0.4, 0.5) is 11.4 Å². The number of carbonyl (C=O) groups excluding carboxylic acids is 1. The van der Waals surface area contributed by atoms with Gasteiger partial charge in [-0.05, 0) is 24.3 Å². The first kappa shape index (κ1) is 13.6. The Bertz CT molecular complexity index is 775. The predicted molar refractivity (Wildman–Crippen MR) is 79.2 cm³/mol. The van der Waals surface area contributed by atoms with Gasteiger partial charge < -0.3 is 10.6 Å². The lowest BCUT2D eigenvalue weighted by molar-refractivity contribution is -0.117. The molecule has 0 aromatic heterocycles. The van der Waals surface area contributed by atoms with Gasteiger partial charge in [0.2, 0.25) is 10.0 Å². The molecular formula is C14H13N3O3S. The number of amides is 1. The fourth-order valence-corrected chi connectivity index (χ4v) is 3.36. The van der Waals surface area contributed by atoms with E-state index in [4.69, 9.17) is 0 Å². The van der Waals surface area contributed by atoms with E-state index in [1.165, 1.54) is 6.07 Å². The number of hydrogen-bond acceptors (Lipinski definition) is 4. The molecule has 7 heteroatoms. The summed E-state index contributed by atoms with van der Waals surface area (Å²) in [5.41, 5.74) is 1.01. The van der Waals surface area contributed by atoms with Crippen molar-refractivity contribution in [3.63, 3.8) is 0 Å². The maximum absolute atomic E-state index is 12.2. The second-order valence-corrected chi connectivity index (χ2v) is 6.23. The lowest BCUT2D eigenvalue weighted by Gasteiger charge is -2.26. The Balaban J connectivity index is 1.84. The molecule has 1 atom stereocenters. The molecule has 0 saturated heterocycles. The second-order valence-electron chi connectivity index (χ2n) is 4.55. The standard InChI is InChI=1S/C14H13N3O3S/c18-14(15-10-6-2-1-3-7-10)13-16-11-8-4-5-9-12(11)21(19,20)17-13/h1-9,13,16-17H,(H,15,18). The van der Waals surface area contributed by atoms with E-state index < -0.39 is 22.1 Å². The molecule has 0 saturated carbocycles. The van der Waals surface area contributed by atoms with Gasteiger partial charge in [-0.3, -0.25) is 4.79 Å². The maximum atomic E-state index is 12.2. The van der Waals surface area contributed by atoms with Crippen molar-refractivity contribution in [3.8, 4) is 0 Å². The minimum atomic E-state index is -3.70. The topological polar surface area (TPSA) is 87.3 Å². The predicted octanol–water partition coefficient (Wildman–Crippen LogP) is 1.36. The number of rotatable bonds is 2. The van der Waals surface area contributed by atoms with Crippen LogP contribution in [0, 0.1) is 0 Å². The first-order valence-electron chi connectivity index (χ1n) is 6.30. The first-order chi connectivity index (χ1) is 10.1. The van der Waals surface area contributed by atoms with Crippen LogP contribution in [0.2, 0.25) is 0 Å². The molecule has 1 aliphatic rings.